The number of aldehydes is 1. The molecule has 0 saturated heterocycles. The summed E-state index contributed by atoms with van der Waals surface area (Å²) < 4.78 is 0. The van der Waals surface area contributed by atoms with Gasteiger partial charge in [-0.25, -0.2) is 4.79 Å². The van der Waals surface area contributed by atoms with Crippen LogP contribution in [0.3, 0.4) is 0 Å². The van der Waals surface area contributed by atoms with Crippen LogP contribution in [0.15, 0.2) is 24.3 Å². The van der Waals surface area contributed by atoms with Crippen LogP contribution in [0.5, 0.6) is 0 Å². The molecule has 0 bridgehead atoms. The number of hydrogen-bond acceptors (Lipinski definition) is 2. The molecule has 9 heavy (non-hydrogen) atoms. The summed E-state index contributed by atoms with van der Waals surface area (Å²) in [7, 11) is 0. The lowest BCUT2D eigenvalue weighted by molar-refractivity contribution is -0.131. The predicted molar refractivity (Wildman–Crippen MR) is 32.0 cm³/mol. The highest BCUT2D eigenvalue weighted by Gasteiger charge is 1.78. The van der Waals surface area contributed by atoms with Crippen LogP contribution in [0.1, 0.15) is 0 Å². The van der Waals surface area contributed by atoms with E-state index in [0.717, 1.165) is 6.08 Å². The van der Waals surface area contributed by atoms with Gasteiger partial charge in [-0.2, -0.15) is 0 Å². The lowest BCUT2D eigenvalue weighted by Crippen LogP contribution is -1.84. The van der Waals surface area contributed by atoms with Crippen LogP contribution in [-0.2, 0) is 9.59 Å². The Labute approximate surface area is 52.3 Å². The molecule has 0 heterocycles. The largest absolute Gasteiger partial charge is 0.478 e. The van der Waals surface area contributed by atoms with Crippen LogP contribution in [0.2, 0.25) is 0 Å². The van der Waals surface area contributed by atoms with Gasteiger partial charge < -0.3 is 5.11 Å². The van der Waals surface area contributed by atoms with E-state index in [1.807, 2.05) is 0 Å². The molecule has 0 aliphatic heterocycles. The van der Waals surface area contributed by atoms with Gasteiger partial charge in [-0.15, -0.1) is 0 Å². The first-order chi connectivity index (χ1) is 4.27. The molecule has 0 fully saturated rings. The molecule has 0 aromatic carbocycles. The number of carboxylic acids is 1. The second-order valence-corrected chi connectivity index (χ2v) is 1.22. The lowest BCUT2D eigenvalue weighted by atomic mass is 10.4. The number of aliphatic carboxylic acids is 1. The summed E-state index contributed by atoms with van der Waals surface area (Å²) in [4.78, 5) is 19.3. The maximum absolute atomic E-state index is 9.75. The van der Waals surface area contributed by atoms with E-state index in [2.05, 4.69) is 0 Å². The third kappa shape index (κ3) is 6.62. The molecule has 0 rings (SSSR count). The zero-order chi connectivity index (χ0) is 7.11. The predicted octanol–water partition coefficient (Wildman–Crippen LogP) is 0.382. The van der Waals surface area contributed by atoms with E-state index in [1.165, 1.54) is 18.2 Å². The molecule has 1 N–H and O–H groups in total. The van der Waals surface area contributed by atoms with Crippen molar-refractivity contribution in [3.05, 3.63) is 24.3 Å². The third-order valence-electron chi connectivity index (χ3n) is 0.540. The van der Waals surface area contributed by atoms with Crippen molar-refractivity contribution in [3.8, 4) is 0 Å². The topological polar surface area (TPSA) is 54.4 Å². The van der Waals surface area contributed by atoms with Gasteiger partial charge in [0.15, 0.2) is 0 Å². The van der Waals surface area contributed by atoms with E-state index in [-0.39, 0.29) is 0 Å². The molecule has 0 aliphatic rings. The highest BCUT2D eigenvalue weighted by atomic mass is 16.4. The number of hydrogen-bond donors (Lipinski definition) is 1. The molecule has 0 unspecified atom stereocenters. The van der Waals surface area contributed by atoms with Gasteiger partial charge in [0, 0.05) is 6.08 Å². The van der Waals surface area contributed by atoms with E-state index >= 15 is 0 Å². The quantitative estimate of drug-likeness (QED) is 0.338. The second kappa shape index (κ2) is 4.77. The van der Waals surface area contributed by atoms with Crippen molar-refractivity contribution in [2.75, 3.05) is 0 Å². The van der Waals surface area contributed by atoms with Crippen LogP contribution in [0.25, 0.3) is 0 Å². The number of rotatable bonds is 3. The van der Waals surface area contributed by atoms with Crippen LogP contribution in [0, 0.1) is 0 Å². The van der Waals surface area contributed by atoms with Crippen molar-refractivity contribution in [1.82, 2.24) is 0 Å². The van der Waals surface area contributed by atoms with Gasteiger partial charge in [-0.05, 0) is 6.08 Å². The van der Waals surface area contributed by atoms with Gasteiger partial charge >= 0.3 is 5.97 Å². The molecule has 0 aromatic rings. The summed E-state index contributed by atoms with van der Waals surface area (Å²) >= 11 is 0. The molecule has 0 spiro atoms. The summed E-state index contributed by atoms with van der Waals surface area (Å²) in [6, 6.07) is 0. The maximum atomic E-state index is 9.75. The van der Waals surface area contributed by atoms with Gasteiger partial charge in [-0.3, -0.25) is 4.79 Å². The fourth-order valence-electron chi connectivity index (χ4n) is 0.247. The van der Waals surface area contributed by atoms with Crippen molar-refractivity contribution >= 4 is 12.3 Å². The fraction of sp³-hybridized carbons (Fsp3) is 0. The Morgan fingerprint density at radius 1 is 1.22 bits per heavy atom. The standard InChI is InChI=1S/C6H6O3/c7-5-3-1-2-4-6(8)9/h1-5H,(H,8,9)/b3-1+,4-2+. The summed E-state index contributed by atoms with van der Waals surface area (Å²) in [5.74, 6) is -1.02. The van der Waals surface area contributed by atoms with Crippen molar-refractivity contribution in [2.24, 2.45) is 0 Å². The summed E-state index contributed by atoms with van der Waals surface area (Å²) in [6.45, 7) is 0. The molecule has 0 aromatic heterocycles. The van der Waals surface area contributed by atoms with Crippen LogP contribution < -0.4 is 0 Å². The Hall–Kier alpha value is -1.38. The minimum atomic E-state index is -1.02. The van der Waals surface area contributed by atoms with Crippen molar-refractivity contribution in [2.45, 2.75) is 0 Å². The Balaban J connectivity index is 3.59. The first-order valence-corrected chi connectivity index (χ1v) is 2.29. The molecule has 48 valence electrons. The molecular weight excluding hydrogens is 120 g/mol. The average Bonchev–Trinajstić information content (AvgIpc) is 1.80. The highest BCUT2D eigenvalue weighted by Crippen LogP contribution is 1.73. The Morgan fingerprint density at radius 3 is 2.33 bits per heavy atom. The fourth-order valence-corrected chi connectivity index (χ4v) is 0.247. The molecule has 0 aliphatic carbocycles. The molecule has 0 radical (unpaired) electrons. The third-order valence-corrected chi connectivity index (χ3v) is 0.540. The number of carbonyl (C=O) groups is 2. The summed E-state index contributed by atoms with van der Waals surface area (Å²) in [5.41, 5.74) is 0. The average molecular weight is 126 g/mol. The first-order valence-electron chi connectivity index (χ1n) is 2.29. The van der Waals surface area contributed by atoms with Crippen molar-refractivity contribution in [1.29, 1.82) is 0 Å². The van der Waals surface area contributed by atoms with Gasteiger partial charge in [0.1, 0.15) is 6.29 Å². The maximum Gasteiger partial charge on any atom is 0.328 e. The minimum Gasteiger partial charge on any atom is -0.478 e. The van der Waals surface area contributed by atoms with Crippen LogP contribution in [0.4, 0.5) is 0 Å². The van der Waals surface area contributed by atoms with Crippen LogP contribution >= 0.6 is 0 Å². The van der Waals surface area contributed by atoms with E-state index < -0.39 is 5.97 Å². The number of carbonyl (C=O) groups excluding carboxylic acids is 1. The number of allylic oxidation sites excluding steroid dienone is 3. The first kappa shape index (κ1) is 7.62. The smallest absolute Gasteiger partial charge is 0.328 e. The molecular formula is C6H6O3. The summed E-state index contributed by atoms with van der Waals surface area (Å²) in [6.07, 6.45) is 5.35. The van der Waals surface area contributed by atoms with Gasteiger partial charge in [0.05, 0.1) is 0 Å². The summed E-state index contributed by atoms with van der Waals surface area (Å²) in [5, 5.41) is 8.00. The Kier molecular flexibility index (Phi) is 4.04. The minimum absolute atomic E-state index is 0.576. The number of carboxylic acid groups (broad SMARTS) is 1. The normalized spacial score (nSPS) is 10.7. The molecule has 0 amide bonds. The molecule has 0 saturated carbocycles. The van der Waals surface area contributed by atoms with Gasteiger partial charge in [-0.1, -0.05) is 12.2 Å². The van der Waals surface area contributed by atoms with Gasteiger partial charge in [0.2, 0.25) is 0 Å². The van der Waals surface area contributed by atoms with Crippen molar-refractivity contribution < 1.29 is 14.7 Å². The Bertz CT molecular complexity index is 156. The van der Waals surface area contributed by atoms with E-state index in [9.17, 15) is 9.59 Å². The lowest BCUT2D eigenvalue weighted by Gasteiger charge is -1.71. The molecule has 0 atom stereocenters. The zero-order valence-electron chi connectivity index (χ0n) is 4.65. The van der Waals surface area contributed by atoms with E-state index in [0.29, 0.717) is 6.29 Å². The Morgan fingerprint density at radius 2 is 1.89 bits per heavy atom. The SMILES string of the molecule is O=C/C=C/C=C/C(=O)O. The molecule has 3 nitrogen and oxygen atoms in total. The monoisotopic (exact) mass is 126 g/mol. The van der Waals surface area contributed by atoms with Crippen molar-refractivity contribution in [3.63, 3.8) is 0 Å². The van der Waals surface area contributed by atoms with Crippen LogP contribution in [-0.4, -0.2) is 17.4 Å². The molecule has 3 heteroatoms. The zero-order valence-corrected chi connectivity index (χ0v) is 4.65. The van der Waals surface area contributed by atoms with E-state index in [1.54, 1.807) is 0 Å². The van der Waals surface area contributed by atoms with E-state index in [4.69, 9.17) is 5.11 Å². The highest BCUT2D eigenvalue weighted by molar-refractivity contribution is 5.80. The van der Waals surface area contributed by atoms with Gasteiger partial charge in [0.25, 0.3) is 0 Å². The second-order valence-electron chi connectivity index (χ2n) is 1.22.